The molecule has 46 heavy (non-hydrogen) atoms. The number of nitriles is 2. The van der Waals surface area contributed by atoms with Gasteiger partial charge in [0.1, 0.15) is 0 Å². The molecule has 0 aliphatic heterocycles. The van der Waals surface area contributed by atoms with Gasteiger partial charge in [-0.15, -0.1) is 0 Å². The topological polar surface area (TPSA) is 47.6 Å². The van der Waals surface area contributed by atoms with Crippen LogP contribution in [0.4, 0.5) is 0 Å². The Morgan fingerprint density at radius 2 is 0.565 bits per heavy atom. The smallest absolute Gasteiger partial charge is 0.0998 e. The van der Waals surface area contributed by atoms with Gasteiger partial charge in [-0.1, -0.05) is 146 Å². The lowest BCUT2D eigenvalue weighted by Gasteiger charge is -2.11. The molecule has 7 aromatic rings. The fourth-order valence-electron chi connectivity index (χ4n) is 5.98. The number of hydrogen-bond donors (Lipinski definition) is 0. The molecule has 0 fully saturated rings. The van der Waals surface area contributed by atoms with Crippen LogP contribution in [0.2, 0.25) is 0 Å². The van der Waals surface area contributed by atoms with Crippen LogP contribution in [0.1, 0.15) is 11.1 Å². The molecule has 7 rings (SSSR count). The molecule has 7 aromatic carbocycles. The van der Waals surface area contributed by atoms with E-state index in [0.717, 1.165) is 66.8 Å². The minimum Gasteiger partial charge on any atom is -0.192 e. The molecule has 0 aromatic heterocycles. The van der Waals surface area contributed by atoms with Gasteiger partial charge in [-0.2, -0.15) is 10.5 Å². The maximum atomic E-state index is 9.92. The summed E-state index contributed by atoms with van der Waals surface area (Å²) in [5, 5.41) is 19.8. The SMILES string of the molecule is N#Cc1cc(-c2ccc(-c3cccc(-c4cccc(-c5ccc(-c6ccccc6)c(C#N)c5)c4)c3)cc2)ccc1-c1ccccc1. The van der Waals surface area contributed by atoms with Gasteiger partial charge < -0.3 is 0 Å². The predicted octanol–water partition coefficient (Wildman–Crippen LogP) is 11.4. The van der Waals surface area contributed by atoms with Crippen molar-refractivity contribution in [2.24, 2.45) is 0 Å². The summed E-state index contributed by atoms with van der Waals surface area (Å²) in [6.07, 6.45) is 0. The Hall–Kier alpha value is -6.48. The van der Waals surface area contributed by atoms with Crippen molar-refractivity contribution in [1.29, 1.82) is 10.5 Å². The van der Waals surface area contributed by atoms with Gasteiger partial charge in [-0.25, -0.2) is 0 Å². The quantitative estimate of drug-likeness (QED) is 0.195. The van der Waals surface area contributed by atoms with Gasteiger partial charge in [-0.05, 0) is 91.0 Å². The molecule has 0 bridgehead atoms. The molecular weight excluding hydrogens is 556 g/mol. The van der Waals surface area contributed by atoms with Crippen molar-refractivity contribution in [3.05, 3.63) is 181 Å². The molecule has 0 heterocycles. The molecule has 214 valence electrons. The highest BCUT2D eigenvalue weighted by molar-refractivity contribution is 5.81. The average Bonchev–Trinajstić information content (AvgIpc) is 3.15. The molecule has 2 nitrogen and oxygen atoms in total. The fourth-order valence-corrected chi connectivity index (χ4v) is 5.98. The van der Waals surface area contributed by atoms with Gasteiger partial charge in [0.2, 0.25) is 0 Å². The molecule has 2 heteroatoms. The molecular formula is C44H28N2. The van der Waals surface area contributed by atoms with Crippen LogP contribution in [-0.2, 0) is 0 Å². The Morgan fingerprint density at radius 1 is 0.261 bits per heavy atom. The van der Waals surface area contributed by atoms with Crippen LogP contribution in [0.3, 0.4) is 0 Å². The van der Waals surface area contributed by atoms with E-state index in [2.05, 4.69) is 97.1 Å². The Bertz CT molecular complexity index is 2250. The predicted molar refractivity (Wildman–Crippen MR) is 188 cm³/mol. The number of benzene rings is 7. The zero-order valence-corrected chi connectivity index (χ0v) is 25.1. The highest BCUT2D eigenvalue weighted by atomic mass is 14.3. The summed E-state index contributed by atoms with van der Waals surface area (Å²) in [6, 6.07) is 62.6. The maximum absolute atomic E-state index is 9.92. The van der Waals surface area contributed by atoms with Gasteiger partial charge in [0.25, 0.3) is 0 Å². The lowest BCUT2D eigenvalue weighted by atomic mass is 9.93. The van der Waals surface area contributed by atoms with E-state index in [-0.39, 0.29) is 0 Å². The van der Waals surface area contributed by atoms with Crippen LogP contribution in [0.5, 0.6) is 0 Å². The molecule has 0 unspecified atom stereocenters. The summed E-state index contributed by atoms with van der Waals surface area (Å²) in [5.74, 6) is 0. The van der Waals surface area contributed by atoms with Crippen LogP contribution in [0.15, 0.2) is 170 Å². The lowest BCUT2D eigenvalue weighted by Crippen LogP contribution is -1.88. The summed E-state index contributed by atoms with van der Waals surface area (Å²) >= 11 is 0. The van der Waals surface area contributed by atoms with Gasteiger partial charge in [0, 0.05) is 0 Å². The third kappa shape index (κ3) is 5.72. The van der Waals surface area contributed by atoms with Crippen LogP contribution < -0.4 is 0 Å². The zero-order valence-electron chi connectivity index (χ0n) is 25.1. The Morgan fingerprint density at radius 3 is 0.957 bits per heavy atom. The first-order valence-electron chi connectivity index (χ1n) is 15.2. The maximum Gasteiger partial charge on any atom is 0.0998 e. The summed E-state index contributed by atoms with van der Waals surface area (Å²) in [4.78, 5) is 0. The number of hydrogen-bond acceptors (Lipinski definition) is 2. The van der Waals surface area contributed by atoms with Crippen molar-refractivity contribution in [2.45, 2.75) is 0 Å². The monoisotopic (exact) mass is 584 g/mol. The third-order valence-corrected chi connectivity index (χ3v) is 8.39. The van der Waals surface area contributed by atoms with Gasteiger partial charge in [0.15, 0.2) is 0 Å². The second kappa shape index (κ2) is 12.6. The van der Waals surface area contributed by atoms with E-state index in [1.807, 2.05) is 84.9 Å². The fraction of sp³-hybridized carbons (Fsp3) is 0. The minimum atomic E-state index is 0.663. The van der Waals surface area contributed by atoms with E-state index < -0.39 is 0 Å². The van der Waals surface area contributed by atoms with Crippen molar-refractivity contribution >= 4 is 0 Å². The largest absolute Gasteiger partial charge is 0.192 e. The highest BCUT2D eigenvalue weighted by Crippen LogP contribution is 2.34. The summed E-state index contributed by atoms with van der Waals surface area (Å²) < 4.78 is 0. The summed E-state index contributed by atoms with van der Waals surface area (Å²) in [7, 11) is 0. The van der Waals surface area contributed by atoms with Gasteiger partial charge in [0.05, 0.1) is 23.3 Å². The van der Waals surface area contributed by atoms with E-state index in [1.54, 1.807) is 0 Å². The van der Waals surface area contributed by atoms with Crippen LogP contribution in [0.25, 0.3) is 66.8 Å². The first kappa shape index (κ1) is 28.3. The minimum absolute atomic E-state index is 0.663. The van der Waals surface area contributed by atoms with Crippen LogP contribution in [-0.4, -0.2) is 0 Å². The van der Waals surface area contributed by atoms with Crippen molar-refractivity contribution in [3.8, 4) is 78.9 Å². The average molecular weight is 585 g/mol. The Labute approximate surface area is 269 Å². The number of nitrogens with zero attached hydrogens (tertiary/aromatic N) is 2. The third-order valence-electron chi connectivity index (χ3n) is 8.39. The lowest BCUT2D eigenvalue weighted by molar-refractivity contribution is 1.47. The van der Waals surface area contributed by atoms with E-state index in [9.17, 15) is 10.5 Å². The van der Waals surface area contributed by atoms with Crippen LogP contribution >= 0.6 is 0 Å². The second-order valence-electron chi connectivity index (χ2n) is 11.2. The molecule has 0 saturated heterocycles. The van der Waals surface area contributed by atoms with E-state index in [0.29, 0.717) is 11.1 Å². The van der Waals surface area contributed by atoms with E-state index in [4.69, 9.17) is 0 Å². The summed E-state index contributed by atoms with van der Waals surface area (Å²) in [6.45, 7) is 0. The Kier molecular flexibility index (Phi) is 7.77. The second-order valence-corrected chi connectivity index (χ2v) is 11.2. The molecule has 0 saturated carbocycles. The molecule has 0 radical (unpaired) electrons. The van der Waals surface area contributed by atoms with Gasteiger partial charge in [-0.3, -0.25) is 0 Å². The van der Waals surface area contributed by atoms with Gasteiger partial charge >= 0.3 is 0 Å². The Balaban J connectivity index is 1.15. The first-order chi connectivity index (χ1) is 22.7. The van der Waals surface area contributed by atoms with Crippen LogP contribution in [0, 0.1) is 22.7 Å². The summed E-state index contributed by atoms with van der Waals surface area (Å²) in [5.41, 5.74) is 14.0. The molecule has 0 atom stereocenters. The van der Waals surface area contributed by atoms with Crippen molar-refractivity contribution in [1.82, 2.24) is 0 Å². The van der Waals surface area contributed by atoms with Crippen molar-refractivity contribution in [2.75, 3.05) is 0 Å². The standard InChI is InChI=1S/C44H28N2/c45-29-41-27-39(21-23-43(41)33-9-3-1-4-10-33)32-19-17-31(18-20-32)35-13-7-14-36(25-35)37-15-8-16-38(26-37)40-22-24-44(42(28-40)30-46)34-11-5-2-6-12-34/h1-28H. The van der Waals surface area contributed by atoms with Crippen molar-refractivity contribution in [3.63, 3.8) is 0 Å². The molecule has 0 aliphatic rings. The zero-order chi connectivity index (χ0) is 31.3. The van der Waals surface area contributed by atoms with Crippen molar-refractivity contribution < 1.29 is 0 Å². The van der Waals surface area contributed by atoms with E-state index >= 15 is 0 Å². The molecule has 0 aliphatic carbocycles. The normalized spacial score (nSPS) is 10.6. The molecule has 0 amide bonds. The first-order valence-corrected chi connectivity index (χ1v) is 15.2. The number of rotatable bonds is 6. The van der Waals surface area contributed by atoms with E-state index in [1.165, 1.54) is 0 Å². The molecule has 0 spiro atoms. The highest BCUT2D eigenvalue weighted by Gasteiger charge is 2.10. The molecule has 0 N–H and O–H groups in total.